The number of carboxylic acids is 1. The van der Waals surface area contributed by atoms with Gasteiger partial charge in [0.05, 0.1) is 13.7 Å². The van der Waals surface area contributed by atoms with Gasteiger partial charge in [-0.05, 0) is 6.92 Å². The van der Waals surface area contributed by atoms with Crippen molar-refractivity contribution in [3.63, 3.8) is 0 Å². The van der Waals surface area contributed by atoms with Gasteiger partial charge in [-0.25, -0.2) is 4.98 Å². The molecule has 1 aromatic heterocycles. The first-order valence-electron chi connectivity index (χ1n) is 4.86. The number of aryl methyl sites for hydroxylation is 1. The highest BCUT2D eigenvalue weighted by molar-refractivity contribution is 5.72. The minimum absolute atomic E-state index is 0.124. The van der Waals surface area contributed by atoms with Crippen molar-refractivity contribution < 1.29 is 14.6 Å². The minimum atomic E-state index is -0.996. The number of carboxylic acid groups (broad SMARTS) is 1. The summed E-state index contributed by atoms with van der Waals surface area (Å²) in [5, 5.41) is 8.77. The van der Waals surface area contributed by atoms with Gasteiger partial charge >= 0.3 is 5.97 Å². The Morgan fingerprint density at radius 3 is 2.88 bits per heavy atom. The maximum Gasteiger partial charge on any atom is 0.323 e. The van der Waals surface area contributed by atoms with Gasteiger partial charge < -0.3 is 14.7 Å². The first kappa shape index (κ1) is 12.8. The van der Waals surface area contributed by atoms with E-state index < -0.39 is 5.97 Å². The van der Waals surface area contributed by atoms with Crippen molar-refractivity contribution in [3.05, 3.63) is 11.8 Å². The SMILES string of the molecule is C#CCN(CC(=O)O)c1nc(C)cc(OC)n1. The molecule has 90 valence electrons. The van der Waals surface area contributed by atoms with E-state index in [1.54, 1.807) is 13.0 Å². The molecule has 6 nitrogen and oxygen atoms in total. The second-order valence-corrected chi connectivity index (χ2v) is 3.31. The van der Waals surface area contributed by atoms with E-state index in [2.05, 4.69) is 15.9 Å². The lowest BCUT2D eigenvalue weighted by Gasteiger charge is -2.18. The second kappa shape index (κ2) is 5.70. The Labute approximate surface area is 99.3 Å². The fourth-order valence-electron chi connectivity index (χ4n) is 1.24. The van der Waals surface area contributed by atoms with Crippen LogP contribution in [0.3, 0.4) is 0 Å². The van der Waals surface area contributed by atoms with Crippen molar-refractivity contribution in [3.8, 4) is 18.2 Å². The predicted octanol–water partition coefficient (Wildman–Crippen LogP) is 0.318. The molecule has 0 spiro atoms. The number of rotatable bonds is 5. The van der Waals surface area contributed by atoms with Crippen LogP contribution in [0.25, 0.3) is 0 Å². The summed E-state index contributed by atoms with van der Waals surface area (Å²) >= 11 is 0. The Morgan fingerprint density at radius 1 is 1.65 bits per heavy atom. The zero-order chi connectivity index (χ0) is 12.8. The lowest BCUT2D eigenvalue weighted by atomic mass is 10.4. The van der Waals surface area contributed by atoms with Crippen molar-refractivity contribution >= 4 is 11.9 Å². The van der Waals surface area contributed by atoms with E-state index in [0.717, 1.165) is 0 Å². The predicted molar refractivity (Wildman–Crippen MR) is 62.0 cm³/mol. The molecule has 1 rings (SSSR count). The quantitative estimate of drug-likeness (QED) is 0.741. The van der Waals surface area contributed by atoms with Gasteiger partial charge in [0.15, 0.2) is 0 Å². The number of terminal acetylenes is 1. The Hall–Kier alpha value is -2.29. The molecule has 0 radical (unpaired) electrons. The number of carbonyl (C=O) groups is 1. The molecule has 0 amide bonds. The molecule has 0 atom stereocenters. The van der Waals surface area contributed by atoms with Crippen LogP contribution in [0, 0.1) is 19.3 Å². The van der Waals surface area contributed by atoms with Crippen molar-refractivity contribution in [2.45, 2.75) is 6.92 Å². The smallest absolute Gasteiger partial charge is 0.323 e. The van der Waals surface area contributed by atoms with Gasteiger partial charge in [-0.1, -0.05) is 5.92 Å². The third-order valence-electron chi connectivity index (χ3n) is 1.92. The van der Waals surface area contributed by atoms with E-state index in [0.29, 0.717) is 11.6 Å². The van der Waals surface area contributed by atoms with Gasteiger partial charge in [-0.15, -0.1) is 6.42 Å². The summed E-state index contributed by atoms with van der Waals surface area (Å²) in [6.07, 6.45) is 5.18. The van der Waals surface area contributed by atoms with E-state index in [1.165, 1.54) is 12.0 Å². The molecule has 0 aromatic carbocycles. The number of hydrogen-bond donors (Lipinski definition) is 1. The second-order valence-electron chi connectivity index (χ2n) is 3.31. The average molecular weight is 235 g/mol. The lowest BCUT2D eigenvalue weighted by molar-refractivity contribution is -0.135. The molecular formula is C11H13N3O3. The minimum Gasteiger partial charge on any atom is -0.481 e. The summed E-state index contributed by atoms with van der Waals surface area (Å²) in [6.45, 7) is 1.64. The van der Waals surface area contributed by atoms with E-state index in [1.807, 2.05) is 0 Å². The number of nitrogens with zero attached hydrogens (tertiary/aromatic N) is 3. The van der Waals surface area contributed by atoms with Gasteiger partial charge in [0.1, 0.15) is 6.54 Å². The molecule has 17 heavy (non-hydrogen) atoms. The third kappa shape index (κ3) is 3.65. The Balaban J connectivity index is 3.04. The van der Waals surface area contributed by atoms with E-state index in [-0.39, 0.29) is 19.0 Å². The number of anilines is 1. The highest BCUT2D eigenvalue weighted by Gasteiger charge is 2.14. The van der Waals surface area contributed by atoms with Crippen LogP contribution in [0.4, 0.5) is 5.95 Å². The van der Waals surface area contributed by atoms with Crippen molar-refractivity contribution in [2.24, 2.45) is 0 Å². The Kier molecular flexibility index (Phi) is 4.29. The number of aromatic nitrogens is 2. The van der Waals surface area contributed by atoms with Gasteiger partial charge in [-0.3, -0.25) is 4.79 Å². The topological polar surface area (TPSA) is 75.6 Å². The summed E-state index contributed by atoms with van der Waals surface area (Å²) in [7, 11) is 1.48. The molecule has 0 bridgehead atoms. The fraction of sp³-hybridized carbons (Fsp3) is 0.364. The van der Waals surface area contributed by atoms with E-state index >= 15 is 0 Å². The van der Waals surface area contributed by atoms with Crippen LogP contribution >= 0.6 is 0 Å². The molecule has 0 saturated carbocycles. The first-order valence-corrected chi connectivity index (χ1v) is 4.86. The van der Waals surface area contributed by atoms with Crippen LogP contribution in [0.15, 0.2) is 6.07 Å². The van der Waals surface area contributed by atoms with Crippen molar-refractivity contribution in [1.82, 2.24) is 9.97 Å². The van der Waals surface area contributed by atoms with Crippen LogP contribution in [-0.2, 0) is 4.79 Å². The van der Waals surface area contributed by atoms with Crippen LogP contribution in [0.1, 0.15) is 5.69 Å². The third-order valence-corrected chi connectivity index (χ3v) is 1.92. The maximum absolute atomic E-state index is 10.7. The molecule has 0 unspecified atom stereocenters. The van der Waals surface area contributed by atoms with Crippen molar-refractivity contribution in [2.75, 3.05) is 25.1 Å². The van der Waals surface area contributed by atoms with Gasteiger partial charge in [0, 0.05) is 11.8 Å². The van der Waals surface area contributed by atoms with Crippen LogP contribution < -0.4 is 9.64 Å². The summed E-state index contributed by atoms with van der Waals surface area (Å²) in [5.41, 5.74) is 0.680. The number of ether oxygens (including phenoxy) is 1. The molecule has 0 fully saturated rings. The van der Waals surface area contributed by atoms with Gasteiger partial charge in [0.2, 0.25) is 11.8 Å². The lowest BCUT2D eigenvalue weighted by Crippen LogP contribution is -2.31. The Bertz CT molecular complexity index is 454. The van der Waals surface area contributed by atoms with Crippen LogP contribution in [0.2, 0.25) is 0 Å². The first-order chi connectivity index (χ1) is 8.06. The number of methoxy groups -OCH3 is 1. The van der Waals surface area contributed by atoms with Gasteiger partial charge in [-0.2, -0.15) is 4.98 Å². The largest absolute Gasteiger partial charge is 0.481 e. The number of aliphatic carboxylic acids is 1. The van der Waals surface area contributed by atoms with Gasteiger partial charge in [0.25, 0.3) is 0 Å². The summed E-state index contributed by atoms with van der Waals surface area (Å²) in [6, 6.07) is 1.65. The fourth-order valence-corrected chi connectivity index (χ4v) is 1.24. The number of hydrogen-bond acceptors (Lipinski definition) is 5. The summed E-state index contributed by atoms with van der Waals surface area (Å²) in [4.78, 5) is 20.3. The molecule has 1 aromatic rings. The van der Waals surface area contributed by atoms with Crippen molar-refractivity contribution in [1.29, 1.82) is 0 Å². The molecular weight excluding hydrogens is 222 g/mol. The zero-order valence-electron chi connectivity index (χ0n) is 9.67. The Morgan fingerprint density at radius 2 is 2.35 bits per heavy atom. The standard InChI is InChI=1S/C11H13N3O3/c1-4-5-14(7-10(15)16)11-12-8(2)6-9(13-11)17-3/h1,6H,5,7H2,2-3H3,(H,15,16). The molecule has 0 saturated heterocycles. The average Bonchev–Trinajstić information content (AvgIpc) is 2.27. The molecule has 1 N–H and O–H groups in total. The molecule has 0 aliphatic heterocycles. The molecule has 0 aliphatic carbocycles. The molecule has 1 heterocycles. The zero-order valence-corrected chi connectivity index (χ0v) is 9.67. The monoisotopic (exact) mass is 235 g/mol. The summed E-state index contributed by atoms with van der Waals surface area (Å²) in [5.74, 6) is 2.00. The normalized spacial score (nSPS) is 9.47. The van der Waals surface area contributed by atoms with Crippen LogP contribution in [0.5, 0.6) is 5.88 Å². The molecule has 0 aliphatic rings. The maximum atomic E-state index is 10.7. The highest BCUT2D eigenvalue weighted by atomic mass is 16.5. The van der Waals surface area contributed by atoms with Crippen LogP contribution in [-0.4, -0.2) is 41.2 Å². The highest BCUT2D eigenvalue weighted by Crippen LogP contribution is 2.14. The van der Waals surface area contributed by atoms with E-state index in [4.69, 9.17) is 16.3 Å². The van der Waals surface area contributed by atoms with E-state index in [9.17, 15) is 4.79 Å². The molecule has 6 heteroatoms. The summed E-state index contributed by atoms with van der Waals surface area (Å²) < 4.78 is 4.99.